The van der Waals surface area contributed by atoms with E-state index in [0.29, 0.717) is 5.57 Å². The zero-order valence-electron chi connectivity index (χ0n) is 7.33. The normalized spacial score (nSPS) is 11.7. The maximum absolute atomic E-state index is 10.9. The molecule has 0 fully saturated rings. The summed E-state index contributed by atoms with van der Waals surface area (Å²) in [5, 5.41) is 0. The Balaban J connectivity index is 4.55. The van der Waals surface area contributed by atoms with Gasteiger partial charge in [0.15, 0.2) is 11.6 Å². The first-order chi connectivity index (χ1) is 5.57. The van der Waals surface area contributed by atoms with E-state index in [4.69, 9.17) is 0 Å². The van der Waals surface area contributed by atoms with Gasteiger partial charge in [0.1, 0.15) is 0 Å². The van der Waals surface area contributed by atoms with Crippen molar-refractivity contribution in [2.24, 2.45) is 0 Å². The number of Topliss-reactive ketones (excluding diaryl/α,β-unsaturated/α-hetero) is 1. The molecule has 0 rings (SSSR count). The molecule has 0 spiro atoms. The van der Waals surface area contributed by atoms with Crippen molar-refractivity contribution < 1.29 is 9.59 Å². The first-order valence-corrected chi connectivity index (χ1v) is 3.60. The van der Waals surface area contributed by atoms with Crippen molar-refractivity contribution in [2.45, 2.75) is 13.8 Å². The Morgan fingerprint density at radius 2 is 1.75 bits per heavy atom. The molecular weight excluding hydrogens is 152 g/mol. The summed E-state index contributed by atoms with van der Waals surface area (Å²) in [6.07, 6.45) is 5.94. The molecule has 0 aliphatic heterocycles. The molecule has 0 saturated heterocycles. The second-order valence-electron chi connectivity index (χ2n) is 2.36. The molecule has 0 aromatic carbocycles. The van der Waals surface area contributed by atoms with E-state index < -0.39 is 0 Å². The molecule has 2 heteroatoms. The average Bonchev–Trinajstić information content (AvgIpc) is 1.96. The van der Waals surface area contributed by atoms with E-state index in [9.17, 15) is 9.59 Å². The number of allylic oxidation sites excluding steroid dienone is 5. The number of rotatable bonds is 4. The molecule has 0 aromatic heterocycles. The monoisotopic (exact) mass is 164 g/mol. The Morgan fingerprint density at radius 3 is 2.08 bits per heavy atom. The van der Waals surface area contributed by atoms with E-state index in [-0.39, 0.29) is 11.6 Å². The third-order valence-corrected chi connectivity index (χ3v) is 1.20. The van der Waals surface area contributed by atoms with Gasteiger partial charge in [0.2, 0.25) is 0 Å². The average molecular weight is 164 g/mol. The Hall–Kier alpha value is -1.44. The Morgan fingerprint density at radius 1 is 1.17 bits per heavy atom. The molecule has 0 radical (unpaired) electrons. The van der Waals surface area contributed by atoms with E-state index in [1.165, 1.54) is 32.1 Å². The number of hydrogen-bond acceptors (Lipinski definition) is 2. The van der Waals surface area contributed by atoms with Crippen molar-refractivity contribution >= 4 is 11.6 Å². The van der Waals surface area contributed by atoms with Gasteiger partial charge in [0.05, 0.1) is 0 Å². The third-order valence-electron chi connectivity index (χ3n) is 1.20. The SMILES string of the molecule is C=C/C=C(\C=C\C(C)=O)C(C)=O. The molecule has 0 amide bonds. The fourth-order valence-corrected chi connectivity index (χ4v) is 0.624. The molecule has 0 heterocycles. The fourth-order valence-electron chi connectivity index (χ4n) is 0.624. The van der Waals surface area contributed by atoms with Crippen molar-refractivity contribution in [2.75, 3.05) is 0 Å². The van der Waals surface area contributed by atoms with Gasteiger partial charge in [0, 0.05) is 5.57 Å². The van der Waals surface area contributed by atoms with Crippen LogP contribution in [0.25, 0.3) is 0 Å². The highest BCUT2D eigenvalue weighted by molar-refractivity contribution is 5.98. The topological polar surface area (TPSA) is 34.1 Å². The Kier molecular flexibility index (Phi) is 4.61. The second-order valence-corrected chi connectivity index (χ2v) is 2.36. The summed E-state index contributed by atoms with van der Waals surface area (Å²) >= 11 is 0. The first-order valence-electron chi connectivity index (χ1n) is 3.60. The molecule has 64 valence electrons. The van der Waals surface area contributed by atoms with Gasteiger partial charge < -0.3 is 0 Å². The summed E-state index contributed by atoms with van der Waals surface area (Å²) in [5.41, 5.74) is 0.486. The van der Waals surface area contributed by atoms with Crippen LogP contribution in [0, 0.1) is 0 Å². The number of ketones is 2. The summed E-state index contributed by atoms with van der Waals surface area (Å²) in [5.74, 6) is -0.154. The predicted molar refractivity (Wildman–Crippen MR) is 48.8 cm³/mol. The molecule has 0 N–H and O–H groups in total. The van der Waals surface area contributed by atoms with Crippen LogP contribution in [-0.2, 0) is 9.59 Å². The van der Waals surface area contributed by atoms with E-state index in [1.54, 1.807) is 6.08 Å². The molecule has 2 nitrogen and oxygen atoms in total. The van der Waals surface area contributed by atoms with Gasteiger partial charge in [-0.05, 0) is 26.0 Å². The molecule has 0 aromatic rings. The predicted octanol–water partition coefficient (Wildman–Crippen LogP) is 1.83. The van der Waals surface area contributed by atoms with Crippen LogP contribution in [0.15, 0.2) is 36.5 Å². The molecular formula is C10H12O2. The van der Waals surface area contributed by atoms with Gasteiger partial charge in [-0.1, -0.05) is 18.7 Å². The van der Waals surface area contributed by atoms with Crippen LogP contribution in [0.3, 0.4) is 0 Å². The molecule has 0 unspecified atom stereocenters. The number of carbonyl (C=O) groups is 2. The van der Waals surface area contributed by atoms with Gasteiger partial charge in [-0.3, -0.25) is 9.59 Å². The highest BCUT2D eigenvalue weighted by atomic mass is 16.1. The molecule has 0 atom stereocenters. The minimum Gasteiger partial charge on any atom is -0.295 e. The summed E-state index contributed by atoms with van der Waals surface area (Å²) in [7, 11) is 0. The van der Waals surface area contributed by atoms with E-state index in [2.05, 4.69) is 6.58 Å². The zero-order chi connectivity index (χ0) is 9.56. The minimum absolute atomic E-state index is 0.0765. The molecule has 12 heavy (non-hydrogen) atoms. The molecule has 0 bridgehead atoms. The lowest BCUT2D eigenvalue weighted by molar-refractivity contribution is -0.113. The minimum atomic E-state index is -0.0776. The van der Waals surface area contributed by atoms with Gasteiger partial charge in [0.25, 0.3) is 0 Å². The van der Waals surface area contributed by atoms with Crippen LogP contribution in [0.2, 0.25) is 0 Å². The summed E-state index contributed by atoms with van der Waals surface area (Å²) < 4.78 is 0. The lowest BCUT2D eigenvalue weighted by Gasteiger charge is -1.91. The van der Waals surface area contributed by atoms with E-state index in [0.717, 1.165) is 0 Å². The van der Waals surface area contributed by atoms with Crippen LogP contribution in [0.1, 0.15) is 13.8 Å². The lowest BCUT2D eigenvalue weighted by atomic mass is 10.1. The summed E-state index contributed by atoms with van der Waals surface area (Å²) in [4.78, 5) is 21.4. The van der Waals surface area contributed by atoms with Gasteiger partial charge in [-0.25, -0.2) is 0 Å². The van der Waals surface area contributed by atoms with Crippen molar-refractivity contribution in [1.82, 2.24) is 0 Å². The number of carbonyl (C=O) groups excluding carboxylic acids is 2. The van der Waals surface area contributed by atoms with Crippen LogP contribution in [-0.4, -0.2) is 11.6 Å². The van der Waals surface area contributed by atoms with Crippen molar-refractivity contribution in [3.63, 3.8) is 0 Å². The molecule has 0 aliphatic carbocycles. The van der Waals surface area contributed by atoms with E-state index >= 15 is 0 Å². The summed E-state index contributed by atoms with van der Waals surface area (Å²) in [6, 6.07) is 0. The second kappa shape index (κ2) is 5.24. The van der Waals surface area contributed by atoms with Crippen LogP contribution in [0.5, 0.6) is 0 Å². The first kappa shape index (κ1) is 10.6. The maximum atomic E-state index is 10.9. The van der Waals surface area contributed by atoms with Crippen LogP contribution < -0.4 is 0 Å². The van der Waals surface area contributed by atoms with Crippen molar-refractivity contribution in [3.05, 3.63) is 36.5 Å². The zero-order valence-corrected chi connectivity index (χ0v) is 7.33. The maximum Gasteiger partial charge on any atom is 0.159 e. The Labute approximate surface area is 72.3 Å². The van der Waals surface area contributed by atoms with E-state index in [1.807, 2.05) is 0 Å². The third kappa shape index (κ3) is 4.39. The largest absolute Gasteiger partial charge is 0.295 e. The number of hydrogen-bond donors (Lipinski definition) is 0. The summed E-state index contributed by atoms with van der Waals surface area (Å²) in [6.45, 7) is 6.34. The van der Waals surface area contributed by atoms with Gasteiger partial charge in [-0.2, -0.15) is 0 Å². The highest BCUT2D eigenvalue weighted by Gasteiger charge is 1.96. The Bertz CT molecular complexity index is 257. The van der Waals surface area contributed by atoms with Gasteiger partial charge >= 0.3 is 0 Å². The van der Waals surface area contributed by atoms with Crippen LogP contribution >= 0.6 is 0 Å². The quantitative estimate of drug-likeness (QED) is 0.469. The highest BCUT2D eigenvalue weighted by Crippen LogP contribution is 1.98. The van der Waals surface area contributed by atoms with Crippen molar-refractivity contribution in [1.29, 1.82) is 0 Å². The van der Waals surface area contributed by atoms with Crippen LogP contribution in [0.4, 0.5) is 0 Å². The fraction of sp³-hybridized carbons (Fsp3) is 0.200. The lowest BCUT2D eigenvalue weighted by Crippen LogP contribution is -1.93. The molecule has 0 aliphatic rings. The van der Waals surface area contributed by atoms with Gasteiger partial charge in [-0.15, -0.1) is 0 Å². The standard InChI is InChI=1S/C10H12O2/c1-4-5-10(9(3)12)7-6-8(2)11/h4-7H,1H2,2-3H3/b7-6+,10-5+. The molecule has 0 saturated carbocycles. The smallest absolute Gasteiger partial charge is 0.159 e. The van der Waals surface area contributed by atoms with Crippen molar-refractivity contribution in [3.8, 4) is 0 Å².